The van der Waals surface area contributed by atoms with Crippen LogP contribution in [0.3, 0.4) is 0 Å². The van der Waals surface area contributed by atoms with Crippen molar-refractivity contribution in [2.24, 2.45) is 0 Å². The largest absolute Gasteiger partial charge is 0.460 e. The highest BCUT2D eigenvalue weighted by Crippen LogP contribution is 2.36. The first kappa shape index (κ1) is 26.6. The topological polar surface area (TPSA) is 64.6 Å². The van der Waals surface area contributed by atoms with Crippen molar-refractivity contribution >= 4 is 58.5 Å². The zero-order valence-electron chi connectivity index (χ0n) is 18.3. The Morgan fingerprint density at radius 2 is 1.31 bits per heavy atom. The van der Waals surface area contributed by atoms with Crippen LogP contribution in [-0.4, -0.2) is 29.8 Å². The van der Waals surface area contributed by atoms with Crippen molar-refractivity contribution in [3.63, 3.8) is 0 Å². The van der Waals surface area contributed by atoms with Gasteiger partial charge in [0.25, 0.3) is 0 Å². The van der Waals surface area contributed by atoms with Gasteiger partial charge in [-0.2, -0.15) is 0 Å². The summed E-state index contributed by atoms with van der Waals surface area (Å²) in [5, 5.41) is 4.03. The molecule has 2 rings (SSSR count). The first-order valence-corrected chi connectivity index (χ1v) is 11.4. The predicted molar refractivity (Wildman–Crippen MR) is 129 cm³/mol. The number of hydrogen-bond acceptors (Lipinski definition) is 4. The van der Waals surface area contributed by atoms with Gasteiger partial charge in [-0.3, -0.25) is 0 Å². The van der Waals surface area contributed by atoms with Crippen LogP contribution in [0.5, 0.6) is 0 Å². The van der Waals surface area contributed by atoms with E-state index in [1.54, 1.807) is 64.1 Å². The van der Waals surface area contributed by atoms with Crippen molar-refractivity contribution in [3.8, 4) is 0 Å². The fourth-order valence-corrected chi connectivity index (χ4v) is 3.66. The van der Waals surface area contributed by atoms with E-state index in [4.69, 9.17) is 55.9 Å². The van der Waals surface area contributed by atoms with E-state index in [0.717, 1.165) is 11.1 Å². The van der Waals surface area contributed by atoms with Gasteiger partial charge in [-0.1, -0.05) is 58.5 Å². The number of ether oxygens (including phenoxy) is 2. The Bertz CT molecular complexity index is 939. The molecule has 2 atom stereocenters. The molecule has 0 heterocycles. The van der Waals surface area contributed by atoms with Crippen molar-refractivity contribution in [2.75, 3.05) is 0 Å². The molecule has 2 aromatic rings. The maximum Gasteiger partial charge on any atom is 0.408 e. The number of carbonyl (C=O) groups is 2. The average Bonchev–Trinajstić information content (AvgIpc) is 2.66. The van der Waals surface area contributed by atoms with Gasteiger partial charge >= 0.3 is 12.1 Å². The second kappa shape index (κ2) is 11.0. The molecule has 1 amide bonds. The molecule has 0 aliphatic carbocycles. The van der Waals surface area contributed by atoms with Gasteiger partial charge in [0.2, 0.25) is 0 Å². The van der Waals surface area contributed by atoms with Crippen molar-refractivity contribution in [1.82, 2.24) is 5.32 Å². The molecule has 0 aromatic heterocycles. The number of carbonyl (C=O) groups excluding carboxylic acids is 2. The Labute approximate surface area is 208 Å². The van der Waals surface area contributed by atoms with Gasteiger partial charge in [0, 0.05) is 5.92 Å². The third-order valence-electron chi connectivity index (χ3n) is 4.46. The van der Waals surface area contributed by atoms with Crippen LogP contribution in [0.1, 0.15) is 51.7 Å². The van der Waals surface area contributed by atoms with Gasteiger partial charge < -0.3 is 14.8 Å². The molecule has 0 bridgehead atoms. The fourth-order valence-electron chi connectivity index (χ4n) is 3.04. The molecule has 0 aliphatic rings. The van der Waals surface area contributed by atoms with E-state index in [1.807, 2.05) is 0 Å². The SMILES string of the molecule is C[C@H](NC(=O)OC(C)(C)C)C(=O)O[C@@H](C)C(c1ccc(Cl)c(Cl)c1)c1ccc(Cl)c(Cl)c1. The summed E-state index contributed by atoms with van der Waals surface area (Å²) in [6.45, 7) is 8.46. The van der Waals surface area contributed by atoms with Crippen LogP contribution in [0.4, 0.5) is 4.79 Å². The zero-order chi connectivity index (χ0) is 24.2. The number of amides is 1. The normalized spacial score (nSPS) is 13.4. The Hall–Kier alpha value is -1.66. The summed E-state index contributed by atoms with van der Waals surface area (Å²) in [6.07, 6.45) is -1.35. The molecule has 0 aliphatic heterocycles. The maximum absolute atomic E-state index is 12.7. The molecule has 0 saturated carbocycles. The second-order valence-electron chi connectivity index (χ2n) is 8.33. The number of benzene rings is 2. The number of esters is 1. The molecule has 2 aromatic carbocycles. The molecular formula is C23H25Cl4NO4. The van der Waals surface area contributed by atoms with Gasteiger partial charge in [0.15, 0.2) is 0 Å². The van der Waals surface area contributed by atoms with Crippen molar-refractivity contribution in [3.05, 3.63) is 67.6 Å². The summed E-state index contributed by atoms with van der Waals surface area (Å²) < 4.78 is 10.9. The third-order valence-corrected chi connectivity index (χ3v) is 5.94. The Balaban J connectivity index is 2.27. The van der Waals surface area contributed by atoms with E-state index < -0.39 is 35.7 Å². The van der Waals surface area contributed by atoms with E-state index in [2.05, 4.69) is 5.32 Å². The van der Waals surface area contributed by atoms with Gasteiger partial charge in [-0.15, -0.1) is 0 Å². The number of halogens is 4. The molecule has 32 heavy (non-hydrogen) atoms. The summed E-state index contributed by atoms with van der Waals surface area (Å²) in [6, 6.07) is 9.45. The second-order valence-corrected chi connectivity index (χ2v) is 9.96. The van der Waals surface area contributed by atoms with Crippen LogP contribution in [-0.2, 0) is 14.3 Å². The summed E-state index contributed by atoms with van der Waals surface area (Å²) in [5.41, 5.74) is 0.852. The maximum atomic E-state index is 12.7. The fraction of sp³-hybridized carbons (Fsp3) is 0.391. The average molecular weight is 521 g/mol. The molecule has 9 heteroatoms. The molecule has 0 saturated heterocycles. The van der Waals surface area contributed by atoms with Gasteiger partial charge in [0.05, 0.1) is 20.1 Å². The summed E-state index contributed by atoms with van der Waals surface area (Å²) >= 11 is 24.6. The lowest BCUT2D eigenvalue weighted by Gasteiger charge is -2.27. The summed E-state index contributed by atoms with van der Waals surface area (Å²) in [4.78, 5) is 24.7. The molecule has 1 N–H and O–H groups in total. The van der Waals surface area contributed by atoms with Crippen LogP contribution >= 0.6 is 46.4 Å². The van der Waals surface area contributed by atoms with Crippen molar-refractivity contribution in [2.45, 2.75) is 58.3 Å². The first-order chi connectivity index (χ1) is 14.8. The minimum Gasteiger partial charge on any atom is -0.460 e. The monoisotopic (exact) mass is 519 g/mol. The summed E-state index contributed by atoms with van der Waals surface area (Å²) in [7, 11) is 0. The number of nitrogens with one attached hydrogen (secondary N) is 1. The van der Waals surface area contributed by atoms with Gasteiger partial charge in [-0.05, 0) is 70.0 Å². The van der Waals surface area contributed by atoms with Gasteiger partial charge in [0.1, 0.15) is 17.7 Å². The van der Waals surface area contributed by atoms with Crippen LogP contribution in [0.15, 0.2) is 36.4 Å². The van der Waals surface area contributed by atoms with Crippen LogP contribution in [0, 0.1) is 0 Å². The van der Waals surface area contributed by atoms with E-state index in [-0.39, 0.29) is 0 Å². The third kappa shape index (κ3) is 7.45. The zero-order valence-corrected chi connectivity index (χ0v) is 21.4. The highest BCUT2D eigenvalue weighted by molar-refractivity contribution is 6.42. The van der Waals surface area contributed by atoms with E-state index in [1.165, 1.54) is 6.92 Å². The lowest BCUT2D eigenvalue weighted by Crippen LogP contribution is -2.43. The highest BCUT2D eigenvalue weighted by atomic mass is 35.5. The van der Waals surface area contributed by atoms with E-state index >= 15 is 0 Å². The molecule has 0 unspecified atom stereocenters. The number of alkyl carbamates (subject to hydrolysis) is 1. The Morgan fingerprint density at radius 3 is 1.72 bits per heavy atom. The number of rotatable bonds is 6. The van der Waals surface area contributed by atoms with Crippen LogP contribution in [0.25, 0.3) is 0 Å². The molecule has 0 spiro atoms. The first-order valence-electron chi connectivity index (χ1n) is 9.88. The summed E-state index contributed by atoms with van der Waals surface area (Å²) in [5.74, 6) is -1.04. The lowest BCUT2D eigenvalue weighted by molar-refractivity contribution is -0.150. The van der Waals surface area contributed by atoms with Crippen molar-refractivity contribution < 1.29 is 19.1 Å². The highest BCUT2D eigenvalue weighted by Gasteiger charge is 2.29. The van der Waals surface area contributed by atoms with Crippen LogP contribution < -0.4 is 5.32 Å². The smallest absolute Gasteiger partial charge is 0.408 e. The standard InChI is InChI=1S/C23H25Cl4NO4/c1-12(28-22(30)32-23(3,4)5)21(29)31-13(2)20(14-6-8-16(24)18(26)10-14)15-7-9-17(25)19(27)11-15/h6-13,20H,1-5H3,(H,28,30)/t12-,13-/m0/s1. The molecule has 5 nitrogen and oxygen atoms in total. The molecule has 0 radical (unpaired) electrons. The predicted octanol–water partition coefficient (Wildman–Crippen LogP) is 7.28. The Kier molecular flexibility index (Phi) is 9.12. The molecular weight excluding hydrogens is 496 g/mol. The minimum atomic E-state index is -0.921. The van der Waals surface area contributed by atoms with E-state index in [0.29, 0.717) is 20.1 Å². The van der Waals surface area contributed by atoms with Crippen LogP contribution in [0.2, 0.25) is 20.1 Å². The van der Waals surface area contributed by atoms with Crippen molar-refractivity contribution in [1.29, 1.82) is 0 Å². The van der Waals surface area contributed by atoms with Gasteiger partial charge in [-0.25, -0.2) is 9.59 Å². The lowest BCUT2D eigenvalue weighted by atomic mass is 9.87. The minimum absolute atomic E-state index is 0.368. The molecule has 0 fully saturated rings. The number of hydrogen-bond donors (Lipinski definition) is 1. The van der Waals surface area contributed by atoms with E-state index in [9.17, 15) is 9.59 Å². The molecule has 174 valence electrons. The quantitative estimate of drug-likeness (QED) is 0.406. The Morgan fingerprint density at radius 1 is 0.844 bits per heavy atom.